The van der Waals surface area contributed by atoms with E-state index < -0.39 is 0 Å². The molecule has 0 bridgehead atoms. The van der Waals surface area contributed by atoms with Gasteiger partial charge in [-0.3, -0.25) is 4.79 Å². The molecular formula is C21H25NO2. The molecule has 0 aliphatic carbocycles. The van der Waals surface area contributed by atoms with Crippen molar-refractivity contribution < 1.29 is 9.53 Å². The molecule has 3 nitrogen and oxygen atoms in total. The van der Waals surface area contributed by atoms with E-state index in [2.05, 4.69) is 24.3 Å². The second kappa shape index (κ2) is 8.00. The van der Waals surface area contributed by atoms with Crippen LogP contribution >= 0.6 is 0 Å². The number of nitrogens with zero attached hydrogens (tertiary/aromatic N) is 1. The Bertz CT molecular complexity index is 651. The minimum absolute atomic E-state index is 0.126. The van der Waals surface area contributed by atoms with E-state index >= 15 is 0 Å². The Morgan fingerprint density at radius 2 is 1.83 bits per heavy atom. The quantitative estimate of drug-likeness (QED) is 0.829. The van der Waals surface area contributed by atoms with Crippen molar-refractivity contribution in [3.05, 3.63) is 65.7 Å². The minimum Gasteiger partial charge on any atom is -0.494 e. The van der Waals surface area contributed by atoms with Gasteiger partial charge in [-0.2, -0.15) is 0 Å². The summed E-state index contributed by atoms with van der Waals surface area (Å²) in [5.74, 6) is 1.37. The number of hydrogen-bond acceptors (Lipinski definition) is 2. The van der Waals surface area contributed by atoms with Gasteiger partial charge in [0.15, 0.2) is 0 Å². The molecule has 2 aromatic carbocycles. The third-order valence-corrected chi connectivity index (χ3v) is 4.64. The maximum atomic E-state index is 12.9. The van der Waals surface area contributed by atoms with Crippen molar-refractivity contribution in [2.75, 3.05) is 19.7 Å². The fraction of sp³-hybridized carbons (Fsp3) is 0.381. The monoisotopic (exact) mass is 323 g/mol. The van der Waals surface area contributed by atoms with Crippen molar-refractivity contribution in [3.8, 4) is 5.75 Å². The van der Waals surface area contributed by atoms with E-state index in [1.54, 1.807) is 0 Å². The Morgan fingerprint density at radius 3 is 2.54 bits per heavy atom. The standard InChI is InChI=1S/C21H25NO2/c1-2-24-20-13-11-18(12-14-20)21(23)22-15-7-6-10-19(16-22)17-8-4-3-5-9-17/h3-5,8-9,11-14,19H,2,6-7,10,15-16H2,1H3. The second-order valence-electron chi connectivity index (χ2n) is 6.31. The molecule has 0 saturated carbocycles. The predicted octanol–water partition coefficient (Wildman–Crippen LogP) is 4.50. The number of carbonyl (C=O) groups excluding carboxylic acids is 1. The highest BCUT2D eigenvalue weighted by molar-refractivity contribution is 5.94. The lowest BCUT2D eigenvalue weighted by atomic mass is 9.94. The van der Waals surface area contributed by atoms with Gasteiger partial charge in [-0.1, -0.05) is 36.8 Å². The number of ether oxygens (including phenoxy) is 1. The summed E-state index contributed by atoms with van der Waals surface area (Å²) in [6.45, 7) is 4.24. The molecule has 1 heterocycles. The number of carbonyl (C=O) groups is 1. The van der Waals surface area contributed by atoms with Gasteiger partial charge in [-0.25, -0.2) is 0 Å². The molecule has 1 atom stereocenters. The average Bonchev–Trinajstić information content (AvgIpc) is 2.89. The van der Waals surface area contributed by atoms with Crippen molar-refractivity contribution in [1.29, 1.82) is 0 Å². The first-order valence-corrected chi connectivity index (χ1v) is 8.85. The Labute approximate surface area is 144 Å². The lowest BCUT2D eigenvalue weighted by Crippen LogP contribution is -2.34. The number of likely N-dealkylation sites (tertiary alicyclic amines) is 1. The van der Waals surface area contributed by atoms with Gasteiger partial charge in [0.1, 0.15) is 5.75 Å². The first-order valence-electron chi connectivity index (χ1n) is 8.85. The molecule has 1 saturated heterocycles. The van der Waals surface area contributed by atoms with Gasteiger partial charge < -0.3 is 9.64 Å². The molecule has 0 aromatic heterocycles. The average molecular weight is 323 g/mol. The maximum absolute atomic E-state index is 12.9. The van der Waals surface area contributed by atoms with Gasteiger partial charge in [0, 0.05) is 24.6 Å². The number of benzene rings is 2. The summed E-state index contributed by atoms with van der Waals surface area (Å²) in [4.78, 5) is 14.9. The molecule has 1 amide bonds. The maximum Gasteiger partial charge on any atom is 0.253 e. The van der Waals surface area contributed by atoms with Gasteiger partial charge in [-0.05, 0) is 49.6 Å². The zero-order chi connectivity index (χ0) is 16.8. The first-order chi connectivity index (χ1) is 11.8. The first kappa shape index (κ1) is 16.6. The van der Waals surface area contributed by atoms with Gasteiger partial charge in [0.25, 0.3) is 5.91 Å². The second-order valence-corrected chi connectivity index (χ2v) is 6.31. The molecule has 1 aliphatic rings. The Hall–Kier alpha value is -2.29. The summed E-state index contributed by atoms with van der Waals surface area (Å²) < 4.78 is 5.46. The van der Waals surface area contributed by atoms with Crippen LogP contribution in [0, 0.1) is 0 Å². The van der Waals surface area contributed by atoms with Gasteiger partial charge in [0.2, 0.25) is 0 Å². The highest BCUT2D eigenvalue weighted by Gasteiger charge is 2.23. The van der Waals surface area contributed by atoms with Crippen molar-refractivity contribution >= 4 is 5.91 Å². The molecule has 0 N–H and O–H groups in total. The van der Waals surface area contributed by atoms with Crippen LogP contribution in [-0.4, -0.2) is 30.5 Å². The number of amides is 1. The van der Waals surface area contributed by atoms with Crippen LogP contribution in [-0.2, 0) is 0 Å². The largest absolute Gasteiger partial charge is 0.494 e. The van der Waals surface area contributed by atoms with E-state index in [-0.39, 0.29) is 5.91 Å². The highest BCUT2D eigenvalue weighted by Crippen LogP contribution is 2.27. The molecule has 0 radical (unpaired) electrons. The third-order valence-electron chi connectivity index (χ3n) is 4.64. The van der Waals surface area contributed by atoms with Crippen LogP contribution in [0.3, 0.4) is 0 Å². The van der Waals surface area contributed by atoms with E-state index in [1.165, 1.54) is 12.0 Å². The van der Waals surface area contributed by atoms with Crippen LogP contribution < -0.4 is 4.74 Å². The molecule has 126 valence electrons. The fourth-order valence-electron chi connectivity index (χ4n) is 3.37. The highest BCUT2D eigenvalue weighted by atomic mass is 16.5. The fourth-order valence-corrected chi connectivity index (χ4v) is 3.37. The third kappa shape index (κ3) is 3.97. The smallest absolute Gasteiger partial charge is 0.253 e. The molecule has 1 fully saturated rings. The van der Waals surface area contributed by atoms with E-state index in [0.29, 0.717) is 12.5 Å². The lowest BCUT2D eigenvalue weighted by molar-refractivity contribution is 0.0754. The van der Waals surface area contributed by atoms with Crippen molar-refractivity contribution in [2.24, 2.45) is 0 Å². The summed E-state index contributed by atoms with van der Waals surface area (Å²) in [6.07, 6.45) is 3.40. The summed E-state index contributed by atoms with van der Waals surface area (Å²) in [5, 5.41) is 0. The summed E-state index contributed by atoms with van der Waals surface area (Å²) in [5.41, 5.74) is 2.08. The van der Waals surface area contributed by atoms with Crippen LogP contribution in [0.25, 0.3) is 0 Å². The zero-order valence-corrected chi connectivity index (χ0v) is 14.3. The van der Waals surface area contributed by atoms with Gasteiger partial charge >= 0.3 is 0 Å². The molecule has 2 aromatic rings. The van der Waals surface area contributed by atoms with Gasteiger partial charge in [-0.15, -0.1) is 0 Å². The number of hydrogen-bond donors (Lipinski definition) is 0. The molecule has 1 aliphatic heterocycles. The molecule has 1 unspecified atom stereocenters. The lowest BCUT2D eigenvalue weighted by Gasteiger charge is -2.25. The van der Waals surface area contributed by atoms with Crippen LogP contribution in [0.1, 0.15) is 48.0 Å². The molecule has 24 heavy (non-hydrogen) atoms. The van der Waals surface area contributed by atoms with Crippen LogP contribution in [0.5, 0.6) is 5.75 Å². The van der Waals surface area contributed by atoms with Crippen molar-refractivity contribution in [3.63, 3.8) is 0 Å². The molecule has 0 spiro atoms. The molecular weight excluding hydrogens is 298 g/mol. The van der Waals surface area contributed by atoms with Crippen molar-refractivity contribution in [1.82, 2.24) is 4.90 Å². The van der Waals surface area contributed by atoms with Gasteiger partial charge in [0.05, 0.1) is 6.61 Å². The molecule has 3 heteroatoms. The SMILES string of the molecule is CCOc1ccc(C(=O)N2CCCCC(c3ccccc3)C2)cc1. The minimum atomic E-state index is 0.126. The Balaban J connectivity index is 1.73. The Morgan fingerprint density at radius 1 is 1.08 bits per heavy atom. The van der Waals surface area contributed by atoms with E-state index in [0.717, 1.165) is 37.2 Å². The Kier molecular flexibility index (Phi) is 5.52. The zero-order valence-electron chi connectivity index (χ0n) is 14.3. The van der Waals surface area contributed by atoms with Crippen LogP contribution in [0.2, 0.25) is 0 Å². The van der Waals surface area contributed by atoms with Crippen LogP contribution in [0.4, 0.5) is 0 Å². The summed E-state index contributed by atoms with van der Waals surface area (Å²) in [6, 6.07) is 18.1. The molecule has 3 rings (SSSR count). The normalized spacial score (nSPS) is 18.0. The predicted molar refractivity (Wildman–Crippen MR) is 96.5 cm³/mol. The number of rotatable bonds is 4. The topological polar surface area (TPSA) is 29.5 Å². The summed E-state index contributed by atoms with van der Waals surface area (Å²) >= 11 is 0. The van der Waals surface area contributed by atoms with Crippen molar-refractivity contribution in [2.45, 2.75) is 32.1 Å². The van der Waals surface area contributed by atoms with Crippen LogP contribution in [0.15, 0.2) is 54.6 Å². The van der Waals surface area contributed by atoms with E-state index in [9.17, 15) is 4.79 Å². The van der Waals surface area contributed by atoms with E-state index in [1.807, 2.05) is 42.2 Å². The van der Waals surface area contributed by atoms with E-state index in [4.69, 9.17) is 4.74 Å². The summed E-state index contributed by atoms with van der Waals surface area (Å²) in [7, 11) is 0.